The van der Waals surface area contributed by atoms with Crippen molar-refractivity contribution in [1.29, 1.82) is 0 Å². The maximum absolute atomic E-state index is 10.4. The summed E-state index contributed by atoms with van der Waals surface area (Å²) in [6.07, 6.45) is 4.43. The molecule has 3 N–H and O–H groups in total. The van der Waals surface area contributed by atoms with Crippen LogP contribution in [0, 0.1) is 0 Å². The fraction of sp³-hybridized carbons (Fsp3) is 0.471. The third kappa shape index (κ3) is 2.87. The standard InChI is InChI=1S/C17H24N6O/c1-5-8-22(4)16-21-13-14(23(16)10-17(2,3)24)11-6-7-19-9-12(11)20-15(13)18/h6-7,9,24H,5,8,10H2,1-4H3,(H2,18,20). The van der Waals surface area contributed by atoms with Crippen LogP contribution in [0.1, 0.15) is 27.2 Å². The lowest BCUT2D eigenvalue weighted by Gasteiger charge is -2.24. The highest BCUT2D eigenvalue weighted by atomic mass is 16.3. The fourth-order valence-corrected chi connectivity index (χ4v) is 3.01. The quantitative estimate of drug-likeness (QED) is 0.745. The Hall–Kier alpha value is -2.41. The smallest absolute Gasteiger partial charge is 0.206 e. The van der Waals surface area contributed by atoms with E-state index in [0.29, 0.717) is 17.9 Å². The molecule has 128 valence electrons. The van der Waals surface area contributed by atoms with Crippen LogP contribution in [0.15, 0.2) is 18.5 Å². The highest BCUT2D eigenvalue weighted by Crippen LogP contribution is 2.32. The second-order valence-corrected chi connectivity index (χ2v) is 6.82. The molecule has 0 aliphatic carbocycles. The minimum absolute atomic E-state index is 0.381. The monoisotopic (exact) mass is 328 g/mol. The van der Waals surface area contributed by atoms with E-state index in [0.717, 1.165) is 35.3 Å². The number of fused-ring (bicyclic) bond motifs is 3. The number of hydrogen-bond donors (Lipinski definition) is 2. The number of rotatable bonds is 5. The van der Waals surface area contributed by atoms with E-state index in [-0.39, 0.29) is 0 Å². The molecule has 7 nitrogen and oxygen atoms in total. The van der Waals surface area contributed by atoms with Crippen molar-refractivity contribution >= 4 is 33.7 Å². The number of aliphatic hydroxyl groups is 1. The summed E-state index contributed by atoms with van der Waals surface area (Å²) in [6, 6.07) is 1.91. The Kier molecular flexibility index (Phi) is 4.04. The molecule has 0 bridgehead atoms. The molecule has 24 heavy (non-hydrogen) atoms. The van der Waals surface area contributed by atoms with Crippen molar-refractivity contribution in [1.82, 2.24) is 19.5 Å². The number of anilines is 2. The van der Waals surface area contributed by atoms with Crippen molar-refractivity contribution in [2.45, 2.75) is 39.3 Å². The lowest BCUT2D eigenvalue weighted by molar-refractivity contribution is 0.0631. The van der Waals surface area contributed by atoms with Gasteiger partial charge < -0.3 is 20.3 Å². The van der Waals surface area contributed by atoms with Gasteiger partial charge in [-0.15, -0.1) is 0 Å². The van der Waals surface area contributed by atoms with E-state index in [1.165, 1.54) is 0 Å². The maximum Gasteiger partial charge on any atom is 0.206 e. The Labute approximate surface area is 141 Å². The first-order chi connectivity index (χ1) is 11.3. The summed E-state index contributed by atoms with van der Waals surface area (Å²) in [7, 11) is 2.00. The average molecular weight is 328 g/mol. The van der Waals surface area contributed by atoms with Crippen LogP contribution in [-0.4, -0.2) is 43.8 Å². The summed E-state index contributed by atoms with van der Waals surface area (Å²) in [4.78, 5) is 15.4. The Morgan fingerprint density at radius 3 is 2.75 bits per heavy atom. The van der Waals surface area contributed by atoms with Gasteiger partial charge in [0.05, 0.1) is 29.4 Å². The van der Waals surface area contributed by atoms with Crippen LogP contribution in [0.2, 0.25) is 0 Å². The second-order valence-electron chi connectivity index (χ2n) is 6.82. The summed E-state index contributed by atoms with van der Waals surface area (Å²) in [5.41, 5.74) is 7.54. The lowest BCUT2D eigenvalue weighted by atomic mass is 10.1. The molecule has 7 heteroatoms. The van der Waals surface area contributed by atoms with E-state index in [1.54, 1.807) is 26.2 Å². The number of hydrogen-bond acceptors (Lipinski definition) is 6. The zero-order valence-corrected chi connectivity index (χ0v) is 14.6. The van der Waals surface area contributed by atoms with Crippen molar-refractivity contribution in [3.05, 3.63) is 18.5 Å². The predicted molar refractivity (Wildman–Crippen MR) is 97.1 cm³/mol. The molecule has 3 heterocycles. The molecule has 0 aliphatic heterocycles. The predicted octanol–water partition coefficient (Wildman–Crippen LogP) is 2.18. The van der Waals surface area contributed by atoms with E-state index in [4.69, 9.17) is 10.7 Å². The van der Waals surface area contributed by atoms with E-state index in [1.807, 2.05) is 17.7 Å². The zero-order chi connectivity index (χ0) is 17.5. The maximum atomic E-state index is 10.4. The molecular weight excluding hydrogens is 304 g/mol. The molecule has 0 aromatic carbocycles. The molecule has 0 saturated carbocycles. The van der Waals surface area contributed by atoms with Gasteiger partial charge in [-0.2, -0.15) is 0 Å². The first kappa shape index (κ1) is 16.4. The minimum Gasteiger partial charge on any atom is -0.389 e. The van der Waals surface area contributed by atoms with Gasteiger partial charge in [0.1, 0.15) is 5.52 Å². The number of nitrogens with two attached hydrogens (primary N) is 1. The second kappa shape index (κ2) is 5.90. The molecule has 0 radical (unpaired) electrons. The van der Waals surface area contributed by atoms with Crippen molar-refractivity contribution in [3.8, 4) is 0 Å². The Bertz CT molecular complexity index is 880. The van der Waals surface area contributed by atoms with Crippen LogP contribution in [0.4, 0.5) is 11.8 Å². The van der Waals surface area contributed by atoms with Crippen LogP contribution in [0.3, 0.4) is 0 Å². The van der Waals surface area contributed by atoms with Gasteiger partial charge in [0, 0.05) is 25.2 Å². The van der Waals surface area contributed by atoms with Crippen molar-refractivity contribution in [2.24, 2.45) is 0 Å². The zero-order valence-electron chi connectivity index (χ0n) is 14.6. The fourth-order valence-electron chi connectivity index (χ4n) is 3.01. The highest BCUT2D eigenvalue weighted by Gasteiger charge is 2.23. The summed E-state index contributed by atoms with van der Waals surface area (Å²) in [5, 5.41) is 11.3. The number of aromatic nitrogens is 4. The van der Waals surface area contributed by atoms with Gasteiger partial charge in [-0.05, 0) is 26.3 Å². The van der Waals surface area contributed by atoms with Gasteiger partial charge in [0.2, 0.25) is 5.95 Å². The topological polar surface area (TPSA) is 93.1 Å². The number of pyridine rings is 2. The molecule has 0 unspecified atom stereocenters. The highest BCUT2D eigenvalue weighted by molar-refractivity contribution is 6.07. The normalized spacial score (nSPS) is 12.2. The number of imidazole rings is 1. The first-order valence-corrected chi connectivity index (χ1v) is 8.14. The molecule has 3 rings (SSSR count). The molecule has 0 atom stereocenters. The van der Waals surface area contributed by atoms with Crippen LogP contribution in [0.5, 0.6) is 0 Å². The Morgan fingerprint density at radius 2 is 2.08 bits per heavy atom. The number of nitrogen functional groups attached to an aromatic ring is 1. The van der Waals surface area contributed by atoms with Crippen LogP contribution in [-0.2, 0) is 6.54 Å². The van der Waals surface area contributed by atoms with Crippen molar-refractivity contribution in [3.63, 3.8) is 0 Å². The van der Waals surface area contributed by atoms with E-state index in [9.17, 15) is 5.11 Å². The number of nitrogens with zero attached hydrogens (tertiary/aromatic N) is 5. The van der Waals surface area contributed by atoms with E-state index < -0.39 is 5.60 Å². The Balaban J connectivity index is 2.37. The van der Waals surface area contributed by atoms with Crippen molar-refractivity contribution in [2.75, 3.05) is 24.2 Å². The molecule has 3 aromatic heterocycles. The third-order valence-electron chi connectivity index (χ3n) is 3.93. The van der Waals surface area contributed by atoms with Gasteiger partial charge in [0.25, 0.3) is 0 Å². The van der Waals surface area contributed by atoms with Gasteiger partial charge in [-0.25, -0.2) is 9.97 Å². The van der Waals surface area contributed by atoms with E-state index >= 15 is 0 Å². The van der Waals surface area contributed by atoms with Gasteiger partial charge >= 0.3 is 0 Å². The summed E-state index contributed by atoms with van der Waals surface area (Å²) in [5.74, 6) is 1.16. The minimum atomic E-state index is -0.882. The van der Waals surface area contributed by atoms with Crippen LogP contribution >= 0.6 is 0 Å². The largest absolute Gasteiger partial charge is 0.389 e. The molecule has 0 saturated heterocycles. The molecule has 3 aromatic rings. The van der Waals surface area contributed by atoms with Crippen LogP contribution in [0.25, 0.3) is 21.9 Å². The summed E-state index contributed by atoms with van der Waals surface area (Å²) >= 11 is 0. The summed E-state index contributed by atoms with van der Waals surface area (Å²) in [6.45, 7) is 6.97. The van der Waals surface area contributed by atoms with Gasteiger partial charge in [0.15, 0.2) is 5.82 Å². The first-order valence-electron chi connectivity index (χ1n) is 8.14. The molecule has 0 spiro atoms. The molecule has 0 amide bonds. The molecule has 0 aliphatic rings. The molecule has 0 fully saturated rings. The van der Waals surface area contributed by atoms with E-state index in [2.05, 4.69) is 21.8 Å². The average Bonchev–Trinajstić information content (AvgIpc) is 2.86. The summed E-state index contributed by atoms with van der Waals surface area (Å²) < 4.78 is 2.03. The lowest BCUT2D eigenvalue weighted by Crippen LogP contribution is -2.29. The van der Waals surface area contributed by atoms with Gasteiger partial charge in [-0.1, -0.05) is 6.92 Å². The Morgan fingerprint density at radius 1 is 1.33 bits per heavy atom. The van der Waals surface area contributed by atoms with Crippen molar-refractivity contribution < 1.29 is 5.11 Å². The molecular formula is C17H24N6O. The van der Waals surface area contributed by atoms with Crippen LogP contribution < -0.4 is 10.6 Å². The van der Waals surface area contributed by atoms with Gasteiger partial charge in [-0.3, -0.25) is 4.98 Å². The third-order valence-corrected chi connectivity index (χ3v) is 3.93. The SMILES string of the molecule is CCCN(C)c1nc2c(N)nc3cnccc3c2n1CC(C)(C)O.